The van der Waals surface area contributed by atoms with Crippen LogP contribution in [0.2, 0.25) is 0 Å². The van der Waals surface area contributed by atoms with Gasteiger partial charge in [-0.05, 0) is 38.8 Å². The summed E-state index contributed by atoms with van der Waals surface area (Å²) in [5, 5.41) is 11.2. The molecule has 2 aromatic rings. The quantitative estimate of drug-likeness (QED) is 0.909. The zero-order chi connectivity index (χ0) is 14.2. The minimum absolute atomic E-state index is 0.463. The van der Waals surface area contributed by atoms with Crippen LogP contribution in [0.25, 0.3) is 0 Å². The molecule has 0 amide bonds. The second-order valence-electron chi connectivity index (χ2n) is 5.76. The third-order valence-electron chi connectivity index (χ3n) is 3.32. The molecule has 0 aliphatic heterocycles. The van der Waals surface area contributed by atoms with Crippen LogP contribution in [0.1, 0.15) is 48.2 Å². The van der Waals surface area contributed by atoms with Crippen LogP contribution in [0.3, 0.4) is 0 Å². The molecule has 20 heavy (non-hydrogen) atoms. The van der Waals surface area contributed by atoms with E-state index in [-0.39, 0.29) is 0 Å². The topological polar surface area (TPSA) is 42.4 Å². The van der Waals surface area contributed by atoms with Crippen LogP contribution in [-0.4, -0.2) is 10.1 Å². The van der Waals surface area contributed by atoms with Gasteiger partial charge < -0.3 is 9.84 Å². The average molecular weight is 289 g/mol. The number of hydrogen-bond acceptors (Lipinski definition) is 4. The summed E-state index contributed by atoms with van der Waals surface area (Å²) in [5.41, 5.74) is 0.259. The van der Waals surface area contributed by atoms with E-state index < -0.39 is 5.60 Å². The lowest BCUT2D eigenvalue weighted by molar-refractivity contribution is 0.0813. The number of ether oxygens (including phenoxy) is 1. The maximum absolute atomic E-state index is 10.3. The van der Waals surface area contributed by atoms with E-state index in [0.29, 0.717) is 12.5 Å². The molecule has 1 fully saturated rings. The van der Waals surface area contributed by atoms with E-state index in [1.807, 2.05) is 44.2 Å². The van der Waals surface area contributed by atoms with Crippen LogP contribution in [-0.2, 0) is 12.2 Å². The summed E-state index contributed by atoms with van der Waals surface area (Å²) >= 11 is 1.57. The highest BCUT2D eigenvalue weighted by atomic mass is 32.1. The molecule has 0 bridgehead atoms. The first kappa shape index (κ1) is 13.6. The summed E-state index contributed by atoms with van der Waals surface area (Å²) in [6, 6.07) is 9.75. The number of nitrogens with zero attached hydrogens (tertiary/aromatic N) is 1. The van der Waals surface area contributed by atoms with Crippen molar-refractivity contribution in [2.45, 2.75) is 44.8 Å². The van der Waals surface area contributed by atoms with Gasteiger partial charge in [-0.25, -0.2) is 4.98 Å². The molecule has 1 aromatic heterocycles. The largest absolute Gasteiger partial charge is 0.486 e. The lowest BCUT2D eigenvalue weighted by Gasteiger charge is -2.16. The molecule has 4 heteroatoms. The minimum atomic E-state index is -0.819. The van der Waals surface area contributed by atoms with Gasteiger partial charge in [-0.3, -0.25) is 0 Å². The van der Waals surface area contributed by atoms with Gasteiger partial charge in [0.2, 0.25) is 0 Å². The molecule has 1 heterocycles. The van der Waals surface area contributed by atoms with Gasteiger partial charge in [-0.1, -0.05) is 18.2 Å². The number of aliphatic hydroxyl groups is 1. The lowest BCUT2D eigenvalue weighted by Crippen LogP contribution is -2.15. The number of para-hydroxylation sites is 1. The molecule has 0 spiro atoms. The Balaban J connectivity index is 1.77. The van der Waals surface area contributed by atoms with E-state index in [1.165, 1.54) is 12.8 Å². The van der Waals surface area contributed by atoms with E-state index in [0.717, 1.165) is 21.3 Å². The monoisotopic (exact) mass is 289 g/mol. The van der Waals surface area contributed by atoms with Gasteiger partial charge in [0.15, 0.2) is 0 Å². The van der Waals surface area contributed by atoms with Crippen molar-refractivity contribution in [3.05, 3.63) is 45.9 Å². The third kappa shape index (κ3) is 3.02. The summed E-state index contributed by atoms with van der Waals surface area (Å²) < 4.78 is 5.74. The SMILES string of the molecule is CC(C)(O)c1sc(COc2ccccc2)nc1C1CC1. The van der Waals surface area contributed by atoms with E-state index in [2.05, 4.69) is 4.98 Å². The number of aromatic nitrogens is 1. The van der Waals surface area contributed by atoms with Gasteiger partial charge in [0.1, 0.15) is 17.4 Å². The first-order chi connectivity index (χ1) is 9.54. The van der Waals surface area contributed by atoms with Crippen molar-refractivity contribution in [1.82, 2.24) is 4.98 Å². The zero-order valence-electron chi connectivity index (χ0n) is 11.8. The number of rotatable bonds is 5. The first-order valence-corrected chi connectivity index (χ1v) is 7.76. The van der Waals surface area contributed by atoms with Crippen molar-refractivity contribution in [3.63, 3.8) is 0 Å². The number of thiazole rings is 1. The van der Waals surface area contributed by atoms with Crippen LogP contribution in [0.5, 0.6) is 5.75 Å². The summed E-state index contributed by atoms with van der Waals surface area (Å²) in [6.45, 7) is 4.12. The van der Waals surface area contributed by atoms with Crippen molar-refractivity contribution >= 4 is 11.3 Å². The van der Waals surface area contributed by atoms with Crippen molar-refractivity contribution in [2.75, 3.05) is 0 Å². The van der Waals surface area contributed by atoms with E-state index in [9.17, 15) is 5.11 Å². The van der Waals surface area contributed by atoms with Gasteiger partial charge in [-0.2, -0.15) is 0 Å². The summed E-state index contributed by atoms with van der Waals surface area (Å²) in [4.78, 5) is 5.68. The zero-order valence-corrected chi connectivity index (χ0v) is 12.6. The van der Waals surface area contributed by atoms with Crippen molar-refractivity contribution in [2.24, 2.45) is 0 Å². The summed E-state index contributed by atoms with van der Waals surface area (Å²) in [5.74, 6) is 1.39. The van der Waals surface area contributed by atoms with Crippen molar-refractivity contribution in [3.8, 4) is 5.75 Å². The first-order valence-electron chi connectivity index (χ1n) is 6.94. The van der Waals surface area contributed by atoms with Crippen molar-refractivity contribution < 1.29 is 9.84 Å². The highest BCUT2D eigenvalue weighted by Crippen LogP contribution is 2.45. The Bertz CT molecular complexity index is 582. The second kappa shape index (κ2) is 5.19. The minimum Gasteiger partial charge on any atom is -0.486 e. The van der Waals surface area contributed by atoms with Crippen LogP contribution in [0, 0.1) is 0 Å². The van der Waals surface area contributed by atoms with Gasteiger partial charge in [0, 0.05) is 5.92 Å². The van der Waals surface area contributed by atoms with Crippen LogP contribution in [0.4, 0.5) is 0 Å². The Hall–Kier alpha value is -1.39. The van der Waals surface area contributed by atoms with Crippen LogP contribution >= 0.6 is 11.3 Å². The molecule has 0 radical (unpaired) electrons. The maximum atomic E-state index is 10.3. The predicted octanol–water partition coefficient (Wildman–Crippen LogP) is 3.83. The van der Waals surface area contributed by atoms with Gasteiger partial charge >= 0.3 is 0 Å². The lowest BCUT2D eigenvalue weighted by atomic mass is 10.0. The van der Waals surface area contributed by atoms with Gasteiger partial charge in [-0.15, -0.1) is 11.3 Å². The Morgan fingerprint density at radius 1 is 1.30 bits per heavy atom. The fraction of sp³-hybridized carbons (Fsp3) is 0.438. The maximum Gasteiger partial charge on any atom is 0.140 e. The highest BCUT2D eigenvalue weighted by molar-refractivity contribution is 7.11. The standard InChI is InChI=1S/C16H19NO2S/c1-16(2,18)15-14(11-8-9-11)17-13(20-15)10-19-12-6-4-3-5-7-12/h3-7,11,18H,8-10H2,1-2H3. The Morgan fingerprint density at radius 2 is 2.00 bits per heavy atom. The smallest absolute Gasteiger partial charge is 0.140 e. The van der Waals surface area contributed by atoms with E-state index in [4.69, 9.17) is 4.74 Å². The molecular weight excluding hydrogens is 270 g/mol. The van der Waals surface area contributed by atoms with E-state index in [1.54, 1.807) is 11.3 Å². The Morgan fingerprint density at radius 3 is 2.60 bits per heavy atom. The molecule has 3 nitrogen and oxygen atoms in total. The highest BCUT2D eigenvalue weighted by Gasteiger charge is 2.34. The molecule has 1 aromatic carbocycles. The van der Waals surface area contributed by atoms with E-state index >= 15 is 0 Å². The Kier molecular flexibility index (Phi) is 3.52. The fourth-order valence-corrected chi connectivity index (χ4v) is 3.24. The molecule has 0 unspecified atom stereocenters. The third-order valence-corrected chi connectivity index (χ3v) is 4.68. The van der Waals surface area contributed by atoms with Crippen molar-refractivity contribution in [1.29, 1.82) is 0 Å². The fourth-order valence-electron chi connectivity index (χ4n) is 2.17. The Labute approximate surface area is 123 Å². The molecule has 1 N–H and O–H groups in total. The summed E-state index contributed by atoms with van der Waals surface area (Å²) in [6.07, 6.45) is 2.37. The van der Waals surface area contributed by atoms with Crippen LogP contribution < -0.4 is 4.74 Å². The average Bonchev–Trinajstić information content (AvgIpc) is 3.16. The molecule has 106 valence electrons. The molecule has 1 saturated carbocycles. The van der Waals surface area contributed by atoms with Gasteiger partial charge in [0.05, 0.1) is 16.2 Å². The second-order valence-corrected chi connectivity index (χ2v) is 6.84. The van der Waals surface area contributed by atoms with Gasteiger partial charge in [0.25, 0.3) is 0 Å². The molecule has 0 atom stereocenters. The molecular formula is C16H19NO2S. The molecule has 0 saturated heterocycles. The molecule has 3 rings (SSSR count). The molecule has 1 aliphatic carbocycles. The molecule has 1 aliphatic rings. The normalized spacial score (nSPS) is 15.3. The van der Waals surface area contributed by atoms with Crippen LogP contribution in [0.15, 0.2) is 30.3 Å². The number of benzene rings is 1. The summed E-state index contributed by atoms with van der Waals surface area (Å²) in [7, 11) is 0. The number of hydrogen-bond donors (Lipinski definition) is 1. The predicted molar refractivity (Wildman–Crippen MR) is 80.1 cm³/mol.